The molecule has 0 atom stereocenters. The number of aromatic carboxylic acids is 1. The zero-order valence-electron chi connectivity index (χ0n) is 30.7. The van der Waals surface area contributed by atoms with Crippen LogP contribution < -0.4 is 0 Å². The third kappa shape index (κ3) is 9.23. The average molecular weight is 689 g/mol. The Kier molecular flexibility index (Phi) is 13.2. The number of aromatic nitrogens is 6. The topological polar surface area (TPSA) is 134 Å². The van der Waals surface area contributed by atoms with Gasteiger partial charge in [-0.15, -0.1) is 1.34 Å². The predicted molar refractivity (Wildman–Crippen MR) is 185 cm³/mol. The van der Waals surface area contributed by atoms with Crippen molar-refractivity contribution in [3.8, 4) is 0 Å². The van der Waals surface area contributed by atoms with Gasteiger partial charge >= 0.3 is 13.1 Å². The largest absolute Gasteiger partial charge is 0.478 e. The van der Waals surface area contributed by atoms with Crippen LogP contribution in [0.1, 0.15) is 163 Å². The molecule has 0 bridgehead atoms. The molecular weight excluding hydrogens is 637 g/mol. The molecule has 0 radical (unpaired) electrons. The van der Waals surface area contributed by atoms with Gasteiger partial charge in [0.2, 0.25) is 0 Å². The number of nitro groups is 1. The number of carbonyl (C=O) groups is 1. The molecule has 0 fully saturated rings. The minimum atomic E-state index is -2.46. The van der Waals surface area contributed by atoms with Gasteiger partial charge in [-0.2, -0.15) is 0 Å². The maximum absolute atomic E-state index is 10.4. The fourth-order valence-electron chi connectivity index (χ4n) is 5.02. The Morgan fingerprint density at radius 2 is 0.979 bits per heavy atom. The summed E-state index contributed by atoms with van der Waals surface area (Å²) in [6.45, 7) is 26.0. The van der Waals surface area contributed by atoms with Crippen LogP contribution in [-0.4, -0.2) is 53.5 Å². The van der Waals surface area contributed by atoms with Crippen molar-refractivity contribution in [2.75, 3.05) is 0 Å². The molecule has 0 saturated heterocycles. The molecule has 3 heterocycles. The first-order chi connectivity index (χ1) is 21.8. The van der Waals surface area contributed by atoms with Gasteiger partial charge in [-0.25, -0.2) is 20.1 Å². The number of non-ortho nitro benzene ring substituents is 1. The van der Waals surface area contributed by atoms with Crippen molar-refractivity contribution in [1.82, 2.24) is 29.1 Å². The van der Waals surface area contributed by atoms with Crippen LogP contribution >= 0.6 is 0 Å². The van der Waals surface area contributed by atoms with Crippen molar-refractivity contribution in [3.05, 3.63) is 92.3 Å². The Hall–Kier alpha value is -3.70. The van der Waals surface area contributed by atoms with E-state index in [1.807, 2.05) is 13.8 Å². The summed E-state index contributed by atoms with van der Waals surface area (Å²) in [6.07, 6.45) is 0. The maximum Gasteiger partial charge on any atom is 0.335 e. The van der Waals surface area contributed by atoms with Gasteiger partial charge in [0.1, 0.15) is 0 Å². The molecule has 1 aromatic carbocycles. The number of rotatable bonds is 11. The molecule has 0 aliphatic carbocycles. The average Bonchev–Trinajstić information content (AvgIpc) is 3.75. The Labute approximate surface area is 291 Å². The van der Waals surface area contributed by atoms with Crippen LogP contribution in [-0.2, 0) is 17.1 Å². The van der Waals surface area contributed by atoms with Gasteiger partial charge in [-0.3, -0.25) is 10.1 Å². The first kappa shape index (κ1) is 37.8. The van der Waals surface area contributed by atoms with Crippen LogP contribution in [0.4, 0.5) is 5.69 Å². The fourth-order valence-corrected chi connectivity index (χ4v) is 5.02. The number of carboxylic acid groups (broad SMARTS) is 1. The number of nitrogens with zero attached hydrogens (tertiary/aromatic N) is 7. The number of benzene rings is 1. The molecule has 4 aromatic rings. The van der Waals surface area contributed by atoms with Gasteiger partial charge in [-0.1, -0.05) is 83.1 Å². The van der Waals surface area contributed by atoms with Crippen LogP contribution in [0.15, 0.2) is 42.5 Å². The van der Waals surface area contributed by atoms with E-state index in [4.69, 9.17) is 20.4 Å². The number of hydrogen-bond acceptors (Lipinski definition) is 6. The fraction of sp³-hybridized carbons (Fsp3) is 0.529. The molecule has 11 nitrogen and oxygen atoms in total. The summed E-state index contributed by atoms with van der Waals surface area (Å²) >= 11 is 0. The molecule has 47 heavy (non-hydrogen) atoms. The monoisotopic (exact) mass is 689 g/mol. The van der Waals surface area contributed by atoms with E-state index < -0.39 is 18.0 Å². The van der Waals surface area contributed by atoms with E-state index in [0.29, 0.717) is 0 Å². The molecule has 4 rings (SSSR count). The molecule has 0 unspecified atom stereocenters. The van der Waals surface area contributed by atoms with Gasteiger partial charge < -0.3 is 18.9 Å². The van der Waals surface area contributed by atoms with Gasteiger partial charge in [-0.05, 0) is 65.8 Å². The Morgan fingerprint density at radius 1 is 0.681 bits per heavy atom. The standard InChI is InChI=1S/C27H46BN6.C7H5NO4.Fe/c1-16(2)22-13-25(19(7)8)32(29-22)28(33-26(20(9)10)14-23(30-33)17(3)4)34-27(21(11)12)15-24(31-34)18(5)6;9-7(10)5-1-3-6(4-2-5)8(11)12;/h13-21,28H,1-12H3;1-4H,(H,9,10);/q-1;;/i28D;;. The molecule has 3 aromatic heterocycles. The second-order valence-electron chi connectivity index (χ2n) is 13.7. The summed E-state index contributed by atoms with van der Waals surface area (Å²) in [5.41, 5.74) is 6.04. The number of carboxylic acids is 1. The van der Waals surface area contributed by atoms with E-state index >= 15 is 0 Å². The van der Waals surface area contributed by atoms with E-state index in [1.165, 1.54) is 12.1 Å². The van der Waals surface area contributed by atoms with Crippen molar-refractivity contribution >= 4 is 18.7 Å². The predicted octanol–water partition coefficient (Wildman–Crippen LogP) is 7.97. The zero-order chi connectivity index (χ0) is 35.5. The normalized spacial score (nSPS) is 12.2. The molecule has 0 aliphatic rings. The number of hydrogen-bond donors (Lipinski definition) is 1. The first-order valence-corrected chi connectivity index (χ1v) is 16.2. The second kappa shape index (κ2) is 16.4. The van der Waals surface area contributed by atoms with Crippen LogP contribution in [0.25, 0.3) is 0 Å². The van der Waals surface area contributed by atoms with Crippen molar-refractivity contribution in [2.24, 2.45) is 0 Å². The summed E-state index contributed by atoms with van der Waals surface area (Å²) < 4.78 is 16.2. The van der Waals surface area contributed by atoms with Crippen LogP contribution in [0.5, 0.6) is 0 Å². The van der Waals surface area contributed by atoms with Crippen LogP contribution in [0.3, 0.4) is 0 Å². The van der Waals surface area contributed by atoms with Crippen molar-refractivity contribution in [3.63, 3.8) is 0 Å². The van der Waals surface area contributed by atoms with E-state index in [2.05, 4.69) is 101 Å². The second-order valence-corrected chi connectivity index (χ2v) is 13.7. The SMILES string of the molecule is O=C(O)c1ccc([N+](=O)[O-])cc1.[2H][B-](n1nc(C(C)C)cc1C(C)C)(n1nc(C(C)C)cc1C(C)C)n1nc(C(C)C)cc1C(C)C.[Fe]. The summed E-state index contributed by atoms with van der Waals surface area (Å²) in [4.78, 5) is 19.9. The summed E-state index contributed by atoms with van der Waals surface area (Å²) in [7, 11) is -2.46. The molecule has 0 spiro atoms. The molecule has 13 heteroatoms. The van der Waals surface area contributed by atoms with E-state index in [1.54, 1.807) is 0 Å². The van der Waals surface area contributed by atoms with E-state index in [0.717, 1.165) is 46.3 Å². The quantitative estimate of drug-likeness (QED) is 0.0959. The van der Waals surface area contributed by atoms with Gasteiger partial charge in [0.15, 0.2) is 0 Å². The third-order valence-electron chi connectivity index (χ3n) is 7.88. The van der Waals surface area contributed by atoms with Crippen LogP contribution in [0.2, 0.25) is 0 Å². The third-order valence-corrected chi connectivity index (χ3v) is 7.88. The molecule has 258 valence electrons. The molecule has 1 N–H and O–H groups in total. The Balaban J connectivity index is 0.000000519. The van der Waals surface area contributed by atoms with Crippen molar-refractivity contribution in [2.45, 2.75) is 119 Å². The maximum atomic E-state index is 10.4. The minimum Gasteiger partial charge on any atom is -0.478 e. The zero-order valence-corrected chi connectivity index (χ0v) is 30.8. The minimum absolute atomic E-state index is 0. The van der Waals surface area contributed by atoms with Crippen molar-refractivity contribution < 1.29 is 31.9 Å². The van der Waals surface area contributed by atoms with E-state index in [9.17, 15) is 16.2 Å². The molecule has 0 amide bonds. The van der Waals surface area contributed by atoms with Gasteiger partial charge in [0.25, 0.3) is 5.69 Å². The Morgan fingerprint density at radius 3 is 1.19 bits per heavy atom. The molecule has 0 saturated carbocycles. The molecule has 0 aliphatic heterocycles. The van der Waals surface area contributed by atoms with Gasteiger partial charge in [0, 0.05) is 46.3 Å². The smallest absolute Gasteiger partial charge is 0.335 e. The first-order valence-electron chi connectivity index (χ1n) is 16.8. The van der Waals surface area contributed by atoms with Crippen LogP contribution in [0, 0.1) is 10.1 Å². The van der Waals surface area contributed by atoms with Crippen molar-refractivity contribution in [1.29, 1.82) is 1.34 Å². The summed E-state index contributed by atoms with van der Waals surface area (Å²) in [5, 5.41) is 33.9. The van der Waals surface area contributed by atoms with Gasteiger partial charge in [0.05, 0.1) is 27.6 Å². The number of nitro benzene ring substituents is 1. The Bertz CT molecular complexity index is 1520. The summed E-state index contributed by atoms with van der Waals surface area (Å²) in [5.74, 6) is 0.289. The molecular formula is C34H51BFeN7O4-. The summed E-state index contributed by atoms with van der Waals surface area (Å²) in [6, 6.07) is 11.2. The van der Waals surface area contributed by atoms with E-state index in [-0.39, 0.29) is 63.8 Å².